The molecule has 12 heavy (non-hydrogen) atoms. The van der Waals surface area contributed by atoms with Crippen LogP contribution in [-0.2, 0) is 0 Å². The summed E-state index contributed by atoms with van der Waals surface area (Å²) < 4.78 is 0.889. The van der Waals surface area contributed by atoms with Crippen LogP contribution in [0.5, 0.6) is 0 Å². The number of benzene rings is 1. The third kappa shape index (κ3) is 2.20. The van der Waals surface area contributed by atoms with Gasteiger partial charge in [-0.3, -0.25) is 0 Å². The summed E-state index contributed by atoms with van der Waals surface area (Å²) >= 11 is 9.13. The second-order valence-electron chi connectivity index (χ2n) is 2.42. The van der Waals surface area contributed by atoms with Crippen molar-refractivity contribution in [1.82, 2.24) is 0 Å². The zero-order valence-electron chi connectivity index (χ0n) is 6.30. The molecule has 0 heterocycles. The fourth-order valence-corrected chi connectivity index (χ4v) is 1.70. The van der Waals surface area contributed by atoms with E-state index in [9.17, 15) is 5.11 Å². The van der Waals surface area contributed by atoms with Gasteiger partial charge in [-0.2, -0.15) is 0 Å². The standard InChI is InChI=1S/C8H9BrClNO/c9-5-1-2-6(7(10)3-5)8(12)4-11/h1-3,8,12H,4,11H2/t8-/m0/s1. The van der Waals surface area contributed by atoms with E-state index in [2.05, 4.69) is 15.9 Å². The van der Waals surface area contributed by atoms with Crippen LogP contribution in [0.1, 0.15) is 11.7 Å². The van der Waals surface area contributed by atoms with Crippen LogP contribution in [0.4, 0.5) is 0 Å². The highest BCUT2D eigenvalue weighted by Gasteiger charge is 2.08. The van der Waals surface area contributed by atoms with Crippen molar-refractivity contribution >= 4 is 27.5 Å². The minimum absolute atomic E-state index is 0.182. The zero-order chi connectivity index (χ0) is 9.14. The molecule has 2 nitrogen and oxygen atoms in total. The highest BCUT2D eigenvalue weighted by atomic mass is 79.9. The summed E-state index contributed by atoms with van der Waals surface area (Å²) in [6, 6.07) is 5.31. The summed E-state index contributed by atoms with van der Waals surface area (Å²) in [7, 11) is 0. The Hall–Kier alpha value is -0.0900. The first kappa shape index (κ1) is 9.99. The summed E-state index contributed by atoms with van der Waals surface area (Å²) in [4.78, 5) is 0. The van der Waals surface area contributed by atoms with Crippen molar-refractivity contribution < 1.29 is 5.11 Å². The molecule has 0 saturated heterocycles. The van der Waals surface area contributed by atoms with E-state index >= 15 is 0 Å². The topological polar surface area (TPSA) is 46.2 Å². The van der Waals surface area contributed by atoms with Gasteiger partial charge in [-0.15, -0.1) is 0 Å². The summed E-state index contributed by atoms with van der Waals surface area (Å²) in [6.07, 6.45) is -0.675. The molecule has 0 radical (unpaired) electrons. The molecular formula is C8H9BrClNO. The predicted octanol–water partition coefficient (Wildman–Crippen LogP) is 2.09. The summed E-state index contributed by atoms with van der Waals surface area (Å²) in [6.45, 7) is 0.182. The number of hydrogen-bond acceptors (Lipinski definition) is 2. The van der Waals surface area contributed by atoms with Crippen LogP contribution in [0.15, 0.2) is 22.7 Å². The lowest BCUT2D eigenvalue weighted by Gasteiger charge is -2.09. The van der Waals surface area contributed by atoms with Crippen LogP contribution in [-0.4, -0.2) is 11.7 Å². The molecule has 3 N–H and O–H groups in total. The van der Waals surface area contributed by atoms with Crippen molar-refractivity contribution in [2.75, 3.05) is 6.54 Å². The van der Waals surface area contributed by atoms with Crippen LogP contribution >= 0.6 is 27.5 Å². The molecule has 4 heteroatoms. The maximum atomic E-state index is 9.38. The number of aliphatic hydroxyl groups excluding tert-OH is 1. The molecule has 1 aromatic carbocycles. The van der Waals surface area contributed by atoms with Gasteiger partial charge in [0.05, 0.1) is 6.10 Å². The fraction of sp³-hybridized carbons (Fsp3) is 0.250. The quantitative estimate of drug-likeness (QED) is 0.844. The molecule has 0 fully saturated rings. The number of rotatable bonds is 2. The Morgan fingerprint density at radius 2 is 2.25 bits per heavy atom. The van der Waals surface area contributed by atoms with E-state index in [1.165, 1.54) is 0 Å². The van der Waals surface area contributed by atoms with Gasteiger partial charge in [0, 0.05) is 21.6 Å². The molecule has 0 unspecified atom stereocenters. The molecule has 66 valence electrons. The van der Waals surface area contributed by atoms with Crippen LogP contribution in [0.3, 0.4) is 0 Å². The third-order valence-corrected chi connectivity index (χ3v) is 2.37. The Balaban J connectivity index is 3.01. The third-order valence-electron chi connectivity index (χ3n) is 1.54. The lowest BCUT2D eigenvalue weighted by Crippen LogP contribution is -2.11. The minimum atomic E-state index is -0.675. The van der Waals surface area contributed by atoms with E-state index < -0.39 is 6.10 Å². The average Bonchev–Trinajstić information content (AvgIpc) is 2.03. The van der Waals surface area contributed by atoms with E-state index in [4.69, 9.17) is 17.3 Å². The van der Waals surface area contributed by atoms with Crippen molar-refractivity contribution in [3.05, 3.63) is 33.3 Å². The van der Waals surface area contributed by atoms with E-state index in [0.717, 1.165) is 4.47 Å². The second kappa shape index (κ2) is 4.23. The van der Waals surface area contributed by atoms with Gasteiger partial charge >= 0.3 is 0 Å². The minimum Gasteiger partial charge on any atom is -0.387 e. The Kier molecular flexibility index (Phi) is 3.53. The maximum absolute atomic E-state index is 9.38. The highest BCUT2D eigenvalue weighted by Crippen LogP contribution is 2.25. The molecule has 0 aliphatic heterocycles. The van der Waals surface area contributed by atoms with Gasteiger partial charge in [0.2, 0.25) is 0 Å². The van der Waals surface area contributed by atoms with E-state index in [1.54, 1.807) is 12.1 Å². The molecule has 0 aliphatic rings. The molecule has 0 aliphatic carbocycles. The summed E-state index contributed by atoms with van der Waals surface area (Å²) in [5.41, 5.74) is 5.96. The lowest BCUT2D eigenvalue weighted by atomic mass is 10.1. The van der Waals surface area contributed by atoms with Crippen LogP contribution in [0, 0.1) is 0 Å². The first-order valence-electron chi connectivity index (χ1n) is 3.48. The van der Waals surface area contributed by atoms with Crippen molar-refractivity contribution in [2.45, 2.75) is 6.10 Å². The van der Waals surface area contributed by atoms with Gasteiger partial charge in [-0.05, 0) is 12.1 Å². The van der Waals surface area contributed by atoms with Gasteiger partial charge < -0.3 is 10.8 Å². The normalized spacial score (nSPS) is 13.0. The zero-order valence-corrected chi connectivity index (χ0v) is 8.64. The molecule has 1 atom stereocenters. The Morgan fingerprint density at radius 1 is 1.58 bits per heavy atom. The van der Waals surface area contributed by atoms with Crippen molar-refractivity contribution in [2.24, 2.45) is 5.73 Å². The van der Waals surface area contributed by atoms with Gasteiger partial charge in [0.25, 0.3) is 0 Å². The second-order valence-corrected chi connectivity index (χ2v) is 3.74. The largest absolute Gasteiger partial charge is 0.387 e. The predicted molar refractivity (Wildman–Crippen MR) is 53.2 cm³/mol. The molecule has 0 spiro atoms. The first-order valence-corrected chi connectivity index (χ1v) is 4.65. The van der Waals surface area contributed by atoms with E-state index in [-0.39, 0.29) is 6.54 Å². The van der Waals surface area contributed by atoms with Crippen molar-refractivity contribution in [3.63, 3.8) is 0 Å². The van der Waals surface area contributed by atoms with Gasteiger partial charge in [-0.25, -0.2) is 0 Å². The molecule has 0 amide bonds. The molecular weight excluding hydrogens is 241 g/mol. The number of halogens is 2. The van der Waals surface area contributed by atoms with Crippen LogP contribution < -0.4 is 5.73 Å². The molecule has 1 aromatic rings. The van der Waals surface area contributed by atoms with Gasteiger partial charge in [0.15, 0.2) is 0 Å². The SMILES string of the molecule is NC[C@H](O)c1ccc(Br)cc1Cl. The maximum Gasteiger partial charge on any atom is 0.0926 e. The number of nitrogens with two attached hydrogens (primary N) is 1. The summed E-state index contributed by atoms with van der Waals surface area (Å²) in [5, 5.41) is 9.91. The van der Waals surface area contributed by atoms with E-state index in [0.29, 0.717) is 10.6 Å². The number of hydrogen-bond donors (Lipinski definition) is 2. The van der Waals surface area contributed by atoms with Crippen molar-refractivity contribution in [1.29, 1.82) is 0 Å². The monoisotopic (exact) mass is 249 g/mol. The molecule has 1 rings (SSSR count). The smallest absolute Gasteiger partial charge is 0.0926 e. The average molecular weight is 251 g/mol. The number of aliphatic hydroxyl groups is 1. The molecule has 0 saturated carbocycles. The Bertz CT molecular complexity index is 280. The Labute approximate surface area is 84.5 Å². The van der Waals surface area contributed by atoms with Crippen LogP contribution in [0.2, 0.25) is 5.02 Å². The van der Waals surface area contributed by atoms with E-state index in [1.807, 2.05) is 6.07 Å². The van der Waals surface area contributed by atoms with Gasteiger partial charge in [0.1, 0.15) is 0 Å². The summed E-state index contributed by atoms with van der Waals surface area (Å²) in [5.74, 6) is 0. The fourth-order valence-electron chi connectivity index (χ4n) is 0.899. The molecule has 0 bridgehead atoms. The lowest BCUT2D eigenvalue weighted by molar-refractivity contribution is 0.187. The first-order chi connectivity index (χ1) is 5.65. The van der Waals surface area contributed by atoms with Crippen molar-refractivity contribution in [3.8, 4) is 0 Å². The Morgan fingerprint density at radius 3 is 2.75 bits per heavy atom. The van der Waals surface area contributed by atoms with Crippen LogP contribution in [0.25, 0.3) is 0 Å². The molecule has 0 aromatic heterocycles. The highest BCUT2D eigenvalue weighted by molar-refractivity contribution is 9.10. The van der Waals surface area contributed by atoms with Gasteiger partial charge in [-0.1, -0.05) is 33.6 Å².